The Balaban J connectivity index is 1.85. The zero-order chi connectivity index (χ0) is 17.5. The fourth-order valence-electron chi connectivity index (χ4n) is 2.21. The third kappa shape index (κ3) is 4.66. The number of hydrogen-bond acceptors (Lipinski definition) is 4. The van der Waals surface area contributed by atoms with Crippen molar-refractivity contribution in [2.75, 3.05) is 0 Å². The number of thiazole rings is 1. The van der Waals surface area contributed by atoms with E-state index in [2.05, 4.69) is 32.8 Å². The molecule has 0 amide bonds. The summed E-state index contributed by atoms with van der Waals surface area (Å²) in [6, 6.07) is 11.9. The molecule has 25 heavy (non-hydrogen) atoms. The Bertz CT molecular complexity index is 945. The van der Waals surface area contributed by atoms with Gasteiger partial charge in [0.1, 0.15) is 0 Å². The minimum atomic E-state index is 0.668. The zero-order valence-electron chi connectivity index (χ0n) is 13.4. The first-order chi connectivity index (χ1) is 12.3. The molecule has 0 saturated carbocycles. The lowest BCUT2D eigenvalue weighted by atomic mass is 10.2. The van der Waals surface area contributed by atoms with Crippen LogP contribution in [-0.2, 0) is 6.54 Å². The number of thiophene rings is 1. The summed E-state index contributed by atoms with van der Waals surface area (Å²) in [4.78, 5) is 2.01. The molecule has 0 bridgehead atoms. The maximum absolute atomic E-state index is 5.98. The van der Waals surface area contributed by atoms with Crippen molar-refractivity contribution in [3.63, 3.8) is 0 Å². The van der Waals surface area contributed by atoms with Gasteiger partial charge in [-0.3, -0.25) is 0 Å². The maximum Gasteiger partial charge on any atom is 0.211 e. The lowest BCUT2D eigenvalue weighted by Crippen LogP contribution is -2.14. The fourth-order valence-corrected chi connectivity index (χ4v) is 3.84. The number of hydrogen-bond donors (Lipinski definition) is 0. The van der Waals surface area contributed by atoms with Gasteiger partial charge in [-0.05, 0) is 41.3 Å². The van der Waals surface area contributed by atoms with Gasteiger partial charge in [0.25, 0.3) is 0 Å². The molecule has 0 spiro atoms. The molecule has 3 rings (SSSR count). The van der Waals surface area contributed by atoms with Crippen LogP contribution in [0.1, 0.15) is 4.88 Å². The van der Waals surface area contributed by atoms with Crippen molar-refractivity contribution in [2.45, 2.75) is 6.54 Å². The molecule has 0 radical (unpaired) electrons. The van der Waals surface area contributed by atoms with Gasteiger partial charge in [-0.2, -0.15) is 5.10 Å². The summed E-state index contributed by atoms with van der Waals surface area (Å²) < 4.78 is 2.08. The average molecular weight is 386 g/mol. The maximum atomic E-state index is 5.98. The van der Waals surface area contributed by atoms with E-state index in [0.29, 0.717) is 6.54 Å². The highest BCUT2D eigenvalue weighted by Crippen LogP contribution is 2.22. The number of nitrogens with zero attached hydrogens (tertiary/aromatic N) is 3. The Hall–Kier alpha value is -2.21. The second-order valence-electron chi connectivity index (χ2n) is 5.05. The van der Waals surface area contributed by atoms with Gasteiger partial charge in [-0.25, -0.2) is 0 Å². The van der Waals surface area contributed by atoms with Gasteiger partial charge in [0.2, 0.25) is 4.80 Å². The fraction of sp³-hybridized carbons (Fsp3) is 0.0526. The smallest absolute Gasteiger partial charge is 0.211 e. The van der Waals surface area contributed by atoms with E-state index < -0.39 is 0 Å². The lowest BCUT2D eigenvalue weighted by molar-refractivity contribution is 0.789. The van der Waals surface area contributed by atoms with Crippen LogP contribution in [0.2, 0.25) is 5.02 Å². The Morgan fingerprint density at radius 2 is 2.00 bits per heavy atom. The molecule has 2 aromatic heterocycles. The summed E-state index contributed by atoms with van der Waals surface area (Å²) in [6.45, 7) is 4.50. The summed E-state index contributed by atoms with van der Waals surface area (Å²) in [5.74, 6) is 0. The highest BCUT2D eigenvalue weighted by molar-refractivity contribution is 7.10. The first-order valence-electron chi connectivity index (χ1n) is 7.60. The highest BCUT2D eigenvalue weighted by Gasteiger charge is 2.06. The monoisotopic (exact) mass is 385 g/mol. The quantitative estimate of drug-likeness (QED) is 0.295. The topological polar surface area (TPSA) is 29.6 Å². The van der Waals surface area contributed by atoms with Crippen molar-refractivity contribution in [2.24, 2.45) is 10.2 Å². The molecule has 126 valence electrons. The van der Waals surface area contributed by atoms with E-state index in [0.717, 1.165) is 21.1 Å². The molecule has 0 fully saturated rings. The van der Waals surface area contributed by atoms with E-state index in [9.17, 15) is 0 Å². The number of halogens is 1. The third-order valence-electron chi connectivity index (χ3n) is 3.35. The molecule has 0 N–H and O–H groups in total. The predicted octanol–water partition coefficient (Wildman–Crippen LogP) is 5.72. The second kappa shape index (κ2) is 8.76. The first-order valence-corrected chi connectivity index (χ1v) is 9.74. The molecule has 1 aromatic carbocycles. The van der Waals surface area contributed by atoms with Crippen molar-refractivity contribution >= 4 is 46.6 Å². The first kappa shape index (κ1) is 17.6. The number of allylic oxidation sites excluding steroid dienone is 2. The molecule has 3 aromatic rings. The molecule has 0 atom stereocenters. The summed E-state index contributed by atoms with van der Waals surface area (Å²) >= 11 is 9.21. The van der Waals surface area contributed by atoms with Gasteiger partial charge < -0.3 is 4.57 Å². The SMILES string of the molecule is C=CCn1c(-c2ccc(Cl)cc2)cs\c1=N/N=C/C=C/c1cccs1. The van der Waals surface area contributed by atoms with Gasteiger partial charge >= 0.3 is 0 Å². The van der Waals surface area contributed by atoms with Crippen molar-refractivity contribution < 1.29 is 0 Å². The van der Waals surface area contributed by atoms with E-state index in [1.165, 1.54) is 4.88 Å². The minimum absolute atomic E-state index is 0.668. The van der Waals surface area contributed by atoms with Gasteiger partial charge in [0.15, 0.2) is 0 Å². The van der Waals surface area contributed by atoms with Crippen LogP contribution in [0.15, 0.2) is 76.1 Å². The van der Waals surface area contributed by atoms with E-state index in [4.69, 9.17) is 11.6 Å². The molecule has 0 unspecified atom stereocenters. The Morgan fingerprint density at radius 1 is 1.16 bits per heavy atom. The van der Waals surface area contributed by atoms with E-state index in [-0.39, 0.29) is 0 Å². The molecule has 6 heteroatoms. The van der Waals surface area contributed by atoms with Gasteiger partial charge in [-0.1, -0.05) is 35.9 Å². The van der Waals surface area contributed by atoms with E-state index >= 15 is 0 Å². The minimum Gasteiger partial charge on any atom is -0.311 e. The average Bonchev–Trinajstić information content (AvgIpc) is 3.26. The predicted molar refractivity (Wildman–Crippen MR) is 110 cm³/mol. The van der Waals surface area contributed by atoms with Crippen LogP contribution in [0.5, 0.6) is 0 Å². The van der Waals surface area contributed by atoms with Crippen LogP contribution in [0.4, 0.5) is 0 Å². The van der Waals surface area contributed by atoms with Crippen molar-refractivity contribution in [3.05, 3.63) is 80.6 Å². The normalized spacial score (nSPS) is 12.4. The summed E-state index contributed by atoms with van der Waals surface area (Å²) in [5.41, 5.74) is 2.16. The van der Waals surface area contributed by atoms with Crippen LogP contribution >= 0.6 is 34.3 Å². The number of aromatic nitrogens is 1. The Labute approximate surface area is 159 Å². The van der Waals surface area contributed by atoms with Crippen LogP contribution in [0.25, 0.3) is 17.3 Å². The Morgan fingerprint density at radius 3 is 2.72 bits per heavy atom. The van der Waals surface area contributed by atoms with Crippen molar-refractivity contribution in [1.29, 1.82) is 0 Å². The standard InChI is InChI=1S/C19H16ClN3S2/c1-2-12-23-18(15-7-9-16(20)10-8-15)14-25-19(23)22-21-11-3-5-17-6-4-13-24-17/h2-11,13-14H,1,12H2/b5-3+,21-11+,22-19-. The van der Waals surface area contributed by atoms with Crippen LogP contribution in [-0.4, -0.2) is 10.8 Å². The zero-order valence-corrected chi connectivity index (χ0v) is 15.8. The molecular formula is C19H16ClN3S2. The largest absolute Gasteiger partial charge is 0.311 e. The van der Waals surface area contributed by atoms with Crippen molar-refractivity contribution in [3.8, 4) is 11.3 Å². The van der Waals surface area contributed by atoms with Crippen LogP contribution < -0.4 is 4.80 Å². The molecule has 0 aliphatic rings. The summed E-state index contributed by atoms with van der Waals surface area (Å²) in [7, 11) is 0. The number of rotatable bonds is 6. The highest BCUT2D eigenvalue weighted by atomic mass is 35.5. The molecule has 0 aliphatic carbocycles. The molecule has 0 saturated heterocycles. The third-order valence-corrected chi connectivity index (χ3v) is 5.29. The van der Waals surface area contributed by atoms with E-state index in [1.54, 1.807) is 28.9 Å². The molecule has 0 aliphatic heterocycles. The van der Waals surface area contributed by atoms with Crippen LogP contribution in [0, 0.1) is 0 Å². The number of benzene rings is 1. The summed E-state index contributed by atoms with van der Waals surface area (Å²) in [5, 5.41) is 13.3. The van der Waals surface area contributed by atoms with Crippen LogP contribution in [0.3, 0.4) is 0 Å². The second-order valence-corrected chi connectivity index (χ2v) is 7.30. The van der Waals surface area contributed by atoms with Gasteiger partial charge in [0.05, 0.1) is 5.69 Å². The molecular weight excluding hydrogens is 370 g/mol. The lowest BCUT2D eigenvalue weighted by Gasteiger charge is -2.06. The summed E-state index contributed by atoms with van der Waals surface area (Å²) in [6.07, 6.45) is 7.45. The van der Waals surface area contributed by atoms with E-state index in [1.807, 2.05) is 53.9 Å². The van der Waals surface area contributed by atoms with Gasteiger partial charge in [0, 0.05) is 28.0 Å². The molecule has 3 nitrogen and oxygen atoms in total. The van der Waals surface area contributed by atoms with Gasteiger partial charge in [-0.15, -0.1) is 34.4 Å². The van der Waals surface area contributed by atoms with Crippen molar-refractivity contribution in [1.82, 2.24) is 4.57 Å². The molecule has 2 heterocycles. The Kier molecular flexibility index (Phi) is 6.17.